The molecular formula is C23H26IN3O3. The number of hydrogen-bond donors (Lipinski definition) is 2. The Kier molecular flexibility index (Phi) is 9.96. The minimum absolute atomic E-state index is 0. The third-order valence-corrected chi connectivity index (χ3v) is 4.00. The third kappa shape index (κ3) is 7.92. The molecule has 3 aromatic carbocycles. The van der Waals surface area contributed by atoms with Crippen LogP contribution in [0.5, 0.6) is 17.2 Å². The number of nitrogens with zero attached hydrogens (tertiary/aromatic N) is 1. The van der Waals surface area contributed by atoms with Gasteiger partial charge in [-0.05, 0) is 42.0 Å². The van der Waals surface area contributed by atoms with Gasteiger partial charge in [0.1, 0.15) is 23.9 Å². The average Bonchev–Trinajstić information content (AvgIpc) is 2.74. The summed E-state index contributed by atoms with van der Waals surface area (Å²) < 4.78 is 16.4. The normalized spacial score (nSPS) is 10.8. The Bertz CT molecular complexity index is 918. The molecule has 0 atom stereocenters. The number of ether oxygens (including phenoxy) is 3. The van der Waals surface area contributed by atoms with Crippen LogP contribution in [0.1, 0.15) is 5.56 Å². The molecule has 6 nitrogen and oxygen atoms in total. The van der Waals surface area contributed by atoms with Crippen LogP contribution in [0.4, 0.5) is 5.69 Å². The maximum Gasteiger partial charge on any atom is 0.193 e. The van der Waals surface area contributed by atoms with Crippen molar-refractivity contribution in [2.75, 3.05) is 25.6 Å². The molecule has 0 aliphatic carbocycles. The van der Waals surface area contributed by atoms with E-state index in [2.05, 4.69) is 10.3 Å². The van der Waals surface area contributed by atoms with E-state index in [-0.39, 0.29) is 24.0 Å². The summed E-state index contributed by atoms with van der Waals surface area (Å²) in [5.41, 5.74) is 7.87. The van der Waals surface area contributed by atoms with Crippen LogP contribution in [0.2, 0.25) is 0 Å². The fraction of sp³-hybridized carbons (Fsp3) is 0.174. The molecule has 3 rings (SSSR count). The van der Waals surface area contributed by atoms with Crippen LogP contribution < -0.4 is 20.5 Å². The van der Waals surface area contributed by atoms with Gasteiger partial charge < -0.3 is 25.3 Å². The summed E-state index contributed by atoms with van der Waals surface area (Å²) in [6, 6.07) is 25.0. The fourth-order valence-electron chi connectivity index (χ4n) is 2.56. The largest absolute Gasteiger partial charge is 0.491 e. The van der Waals surface area contributed by atoms with Gasteiger partial charge in [-0.25, -0.2) is 4.99 Å². The summed E-state index contributed by atoms with van der Waals surface area (Å²) in [7, 11) is 1.65. The summed E-state index contributed by atoms with van der Waals surface area (Å²) in [5.74, 6) is 2.64. The van der Waals surface area contributed by atoms with E-state index >= 15 is 0 Å². The van der Waals surface area contributed by atoms with Crippen molar-refractivity contribution in [1.82, 2.24) is 0 Å². The smallest absolute Gasteiger partial charge is 0.193 e. The monoisotopic (exact) mass is 519 g/mol. The molecule has 0 saturated carbocycles. The van der Waals surface area contributed by atoms with Gasteiger partial charge in [0.15, 0.2) is 5.96 Å². The minimum Gasteiger partial charge on any atom is -0.491 e. The quantitative estimate of drug-likeness (QED) is 0.179. The van der Waals surface area contributed by atoms with Gasteiger partial charge in [0.2, 0.25) is 0 Å². The summed E-state index contributed by atoms with van der Waals surface area (Å²) >= 11 is 0. The molecule has 158 valence electrons. The van der Waals surface area contributed by atoms with Gasteiger partial charge in [0, 0.05) is 18.9 Å². The van der Waals surface area contributed by atoms with Crippen molar-refractivity contribution < 1.29 is 14.2 Å². The standard InChI is InChI=1S/C23H25N3O3.HI/c1-27-14-15-28-20-12-10-18(11-13-20)17-25-23(24)26-19-6-5-9-22(16-19)29-21-7-3-2-4-8-21;/h2-13,16H,14-15,17H2,1H3,(H3,24,25,26);1H. The zero-order valence-electron chi connectivity index (χ0n) is 16.8. The highest BCUT2D eigenvalue weighted by atomic mass is 127. The molecule has 0 aliphatic heterocycles. The van der Waals surface area contributed by atoms with Crippen molar-refractivity contribution in [3.8, 4) is 17.2 Å². The molecule has 0 aliphatic rings. The first-order chi connectivity index (χ1) is 14.2. The van der Waals surface area contributed by atoms with Crippen LogP contribution in [-0.2, 0) is 11.3 Å². The lowest BCUT2D eigenvalue weighted by atomic mass is 10.2. The molecule has 0 unspecified atom stereocenters. The maximum atomic E-state index is 6.03. The fourth-order valence-corrected chi connectivity index (χ4v) is 2.56. The predicted molar refractivity (Wildman–Crippen MR) is 131 cm³/mol. The lowest BCUT2D eigenvalue weighted by molar-refractivity contribution is 0.146. The van der Waals surface area contributed by atoms with Crippen molar-refractivity contribution in [3.63, 3.8) is 0 Å². The Balaban J connectivity index is 0.00000320. The number of halogens is 1. The molecule has 0 amide bonds. The summed E-state index contributed by atoms with van der Waals surface area (Å²) in [6.07, 6.45) is 0. The van der Waals surface area contributed by atoms with Crippen molar-refractivity contribution in [2.45, 2.75) is 6.54 Å². The number of aliphatic imine (C=N–C) groups is 1. The van der Waals surface area contributed by atoms with E-state index in [1.807, 2.05) is 78.9 Å². The number of benzene rings is 3. The van der Waals surface area contributed by atoms with Crippen LogP contribution in [0.15, 0.2) is 83.9 Å². The summed E-state index contributed by atoms with van der Waals surface area (Å²) in [5, 5.41) is 3.09. The molecule has 0 radical (unpaired) electrons. The molecule has 3 aromatic rings. The number of rotatable bonds is 9. The van der Waals surface area contributed by atoms with E-state index in [0.29, 0.717) is 25.7 Å². The second-order valence-corrected chi connectivity index (χ2v) is 6.25. The highest BCUT2D eigenvalue weighted by Gasteiger charge is 2.01. The molecule has 3 N–H and O–H groups in total. The van der Waals surface area contributed by atoms with Crippen molar-refractivity contribution in [3.05, 3.63) is 84.4 Å². The number of para-hydroxylation sites is 1. The molecule has 0 heterocycles. The lowest BCUT2D eigenvalue weighted by Gasteiger charge is -2.09. The molecule has 0 aromatic heterocycles. The summed E-state index contributed by atoms with van der Waals surface area (Å²) in [6.45, 7) is 1.56. The van der Waals surface area contributed by atoms with Crippen LogP contribution in [-0.4, -0.2) is 26.3 Å². The number of nitrogens with one attached hydrogen (secondary N) is 1. The molecule has 0 fully saturated rings. The molecule has 30 heavy (non-hydrogen) atoms. The second kappa shape index (κ2) is 12.7. The predicted octanol–water partition coefficient (Wildman–Crippen LogP) is 5.05. The molecule has 0 saturated heterocycles. The molecule has 7 heteroatoms. The SMILES string of the molecule is COCCOc1ccc(CN=C(N)Nc2cccc(Oc3ccccc3)c2)cc1.I. The highest BCUT2D eigenvalue weighted by Crippen LogP contribution is 2.23. The maximum absolute atomic E-state index is 6.03. The van der Waals surface area contributed by atoms with Gasteiger partial charge in [-0.3, -0.25) is 0 Å². The van der Waals surface area contributed by atoms with E-state index in [4.69, 9.17) is 19.9 Å². The van der Waals surface area contributed by atoms with Gasteiger partial charge in [0.25, 0.3) is 0 Å². The highest BCUT2D eigenvalue weighted by molar-refractivity contribution is 14.0. The Hall–Kier alpha value is -2.78. The van der Waals surface area contributed by atoms with Crippen LogP contribution in [0.3, 0.4) is 0 Å². The lowest BCUT2D eigenvalue weighted by Crippen LogP contribution is -2.22. The van der Waals surface area contributed by atoms with Gasteiger partial charge in [-0.15, -0.1) is 24.0 Å². The van der Waals surface area contributed by atoms with Gasteiger partial charge in [-0.1, -0.05) is 36.4 Å². The first kappa shape index (κ1) is 23.5. The molecular weight excluding hydrogens is 493 g/mol. The Labute approximate surface area is 194 Å². The zero-order chi connectivity index (χ0) is 20.3. The van der Waals surface area contributed by atoms with Crippen molar-refractivity contribution in [2.24, 2.45) is 10.7 Å². The number of guanidine groups is 1. The van der Waals surface area contributed by atoms with Crippen molar-refractivity contribution in [1.29, 1.82) is 0 Å². The van der Waals surface area contributed by atoms with Crippen molar-refractivity contribution >= 4 is 35.6 Å². The van der Waals surface area contributed by atoms with E-state index in [0.717, 1.165) is 28.5 Å². The zero-order valence-corrected chi connectivity index (χ0v) is 19.1. The number of hydrogen-bond acceptors (Lipinski definition) is 4. The Morgan fingerprint density at radius 3 is 2.33 bits per heavy atom. The summed E-state index contributed by atoms with van der Waals surface area (Å²) in [4.78, 5) is 4.39. The molecule has 0 bridgehead atoms. The van der Waals surface area contributed by atoms with Crippen LogP contribution in [0, 0.1) is 0 Å². The average molecular weight is 519 g/mol. The number of nitrogens with two attached hydrogens (primary N) is 1. The minimum atomic E-state index is 0. The molecule has 0 spiro atoms. The van der Waals surface area contributed by atoms with E-state index in [1.165, 1.54) is 0 Å². The second-order valence-electron chi connectivity index (χ2n) is 6.25. The Morgan fingerprint density at radius 1 is 0.867 bits per heavy atom. The van der Waals surface area contributed by atoms with E-state index < -0.39 is 0 Å². The van der Waals surface area contributed by atoms with Gasteiger partial charge in [0.05, 0.1) is 13.2 Å². The van der Waals surface area contributed by atoms with E-state index in [9.17, 15) is 0 Å². The van der Waals surface area contributed by atoms with Gasteiger partial charge >= 0.3 is 0 Å². The number of anilines is 1. The Morgan fingerprint density at radius 2 is 1.60 bits per heavy atom. The first-order valence-corrected chi connectivity index (χ1v) is 9.33. The topological polar surface area (TPSA) is 78.1 Å². The van der Waals surface area contributed by atoms with Gasteiger partial charge in [-0.2, -0.15) is 0 Å². The van der Waals surface area contributed by atoms with Crippen LogP contribution >= 0.6 is 24.0 Å². The van der Waals surface area contributed by atoms with Crippen LogP contribution in [0.25, 0.3) is 0 Å². The number of methoxy groups -OCH3 is 1. The van der Waals surface area contributed by atoms with E-state index in [1.54, 1.807) is 7.11 Å². The third-order valence-electron chi connectivity index (χ3n) is 4.00. The first-order valence-electron chi connectivity index (χ1n) is 9.33.